The third-order valence-corrected chi connectivity index (χ3v) is 4.27. The molecule has 2 aliphatic rings. The van der Waals surface area contributed by atoms with E-state index in [1.807, 2.05) is 4.90 Å². The predicted octanol–water partition coefficient (Wildman–Crippen LogP) is 1.89. The fraction of sp³-hybridized carbons (Fsp3) is 0.846. The summed E-state index contributed by atoms with van der Waals surface area (Å²) < 4.78 is 0. The summed E-state index contributed by atoms with van der Waals surface area (Å²) in [4.78, 5) is 24.8. The highest BCUT2D eigenvalue weighted by atomic mass is 16.4. The van der Waals surface area contributed by atoms with Crippen LogP contribution in [0.1, 0.15) is 45.4 Å². The maximum atomic E-state index is 12.1. The molecule has 1 saturated heterocycles. The number of carboxylic acid groups (broad SMARTS) is 1. The Labute approximate surface area is 102 Å². The smallest absolute Gasteiger partial charge is 0.315 e. The van der Waals surface area contributed by atoms with Crippen molar-refractivity contribution in [1.82, 2.24) is 4.90 Å². The van der Waals surface area contributed by atoms with Crippen molar-refractivity contribution in [2.45, 2.75) is 51.5 Å². The molecule has 4 nitrogen and oxygen atoms in total. The molecule has 1 N–H and O–H groups in total. The number of likely N-dealkylation sites (tertiary alicyclic amines) is 1. The van der Waals surface area contributed by atoms with Crippen LogP contribution in [0.4, 0.5) is 0 Å². The van der Waals surface area contributed by atoms with Gasteiger partial charge < -0.3 is 10.0 Å². The van der Waals surface area contributed by atoms with E-state index in [9.17, 15) is 9.59 Å². The molecule has 1 aliphatic heterocycles. The largest absolute Gasteiger partial charge is 0.481 e. The minimum atomic E-state index is -1.01. The molecule has 96 valence electrons. The van der Waals surface area contributed by atoms with Gasteiger partial charge in [0.05, 0.1) is 0 Å². The number of hydrogen-bond donors (Lipinski definition) is 1. The van der Waals surface area contributed by atoms with Gasteiger partial charge in [-0.05, 0) is 38.5 Å². The number of carbonyl (C=O) groups excluding carboxylic acids is 1. The molecular weight excluding hydrogens is 218 g/mol. The molecule has 1 heterocycles. The minimum Gasteiger partial charge on any atom is -0.481 e. The summed E-state index contributed by atoms with van der Waals surface area (Å²) in [6.45, 7) is 2.24. The Morgan fingerprint density at radius 2 is 1.82 bits per heavy atom. The van der Waals surface area contributed by atoms with E-state index in [0.29, 0.717) is 12.0 Å². The van der Waals surface area contributed by atoms with Crippen molar-refractivity contribution < 1.29 is 14.7 Å². The van der Waals surface area contributed by atoms with Gasteiger partial charge in [0.25, 0.3) is 0 Å². The highest BCUT2D eigenvalue weighted by Gasteiger charge is 2.38. The van der Waals surface area contributed by atoms with Crippen molar-refractivity contribution in [3.05, 3.63) is 0 Å². The molecule has 0 spiro atoms. The third kappa shape index (κ3) is 2.45. The van der Waals surface area contributed by atoms with Crippen LogP contribution in [-0.4, -0.2) is 34.5 Å². The van der Waals surface area contributed by atoms with Gasteiger partial charge in [0.2, 0.25) is 5.91 Å². The molecule has 17 heavy (non-hydrogen) atoms. The molecular formula is C13H21NO3. The number of rotatable bonds is 3. The Hall–Kier alpha value is -1.06. The molecule has 2 fully saturated rings. The maximum Gasteiger partial charge on any atom is 0.315 e. The number of hydrogen-bond acceptors (Lipinski definition) is 2. The lowest BCUT2D eigenvalue weighted by Gasteiger charge is -2.30. The molecule has 2 unspecified atom stereocenters. The van der Waals surface area contributed by atoms with Crippen molar-refractivity contribution in [3.8, 4) is 0 Å². The molecule has 2 atom stereocenters. The monoisotopic (exact) mass is 239 g/mol. The molecule has 0 radical (unpaired) electrons. The summed E-state index contributed by atoms with van der Waals surface area (Å²) >= 11 is 0. The molecule has 1 aliphatic carbocycles. The van der Waals surface area contributed by atoms with E-state index in [1.54, 1.807) is 0 Å². The van der Waals surface area contributed by atoms with Gasteiger partial charge >= 0.3 is 5.97 Å². The van der Waals surface area contributed by atoms with Crippen LogP contribution in [0.25, 0.3) is 0 Å². The molecule has 2 rings (SSSR count). The Balaban J connectivity index is 2.03. The Bertz CT molecular complexity index is 310. The van der Waals surface area contributed by atoms with E-state index in [0.717, 1.165) is 19.4 Å². The highest BCUT2D eigenvalue weighted by Crippen LogP contribution is 2.35. The third-order valence-electron chi connectivity index (χ3n) is 4.27. The topological polar surface area (TPSA) is 57.6 Å². The lowest BCUT2D eigenvalue weighted by atomic mass is 9.95. The second-order valence-corrected chi connectivity index (χ2v) is 5.35. The first-order chi connectivity index (χ1) is 8.11. The van der Waals surface area contributed by atoms with Gasteiger partial charge in [-0.15, -0.1) is 0 Å². The van der Waals surface area contributed by atoms with Crippen LogP contribution in [0.5, 0.6) is 0 Å². The van der Waals surface area contributed by atoms with E-state index in [4.69, 9.17) is 5.11 Å². The second kappa shape index (κ2) is 5.07. The molecule has 0 aromatic rings. The average molecular weight is 239 g/mol. The fourth-order valence-corrected chi connectivity index (χ4v) is 3.25. The molecule has 1 amide bonds. The summed E-state index contributed by atoms with van der Waals surface area (Å²) in [7, 11) is 0. The lowest BCUT2D eigenvalue weighted by Crippen LogP contribution is -2.43. The van der Waals surface area contributed by atoms with Crippen LogP contribution in [-0.2, 0) is 9.59 Å². The van der Waals surface area contributed by atoms with Crippen LogP contribution in [0.2, 0.25) is 0 Å². The van der Waals surface area contributed by atoms with Gasteiger partial charge in [-0.1, -0.05) is 12.8 Å². The first-order valence-corrected chi connectivity index (χ1v) is 6.64. The van der Waals surface area contributed by atoms with Gasteiger partial charge in [0.15, 0.2) is 0 Å². The standard InChI is InChI=1S/C13H21NO3/c1-9(13(16)17)12(15)14-8-4-7-11(14)10-5-2-3-6-10/h9-11H,2-8H2,1H3,(H,16,17). The minimum absolute atomic E-state index is 0.188. The SMILES string of the molecule is CC(C(=O)O)C(=O)N1CCCC1C1CCCC1. The van der Waals surface area contributed by atoms with Crippen molar-refractivity contribution in [2.24, 2.45) is 11.8 Å². The summed E-state index contributed by atoms with van der Waals surface area (Å²) in [6.07, 6.45) is 7.02. The normalized spacial score (nSPS) is 27.4. The van der Waals surface area contributed by atoms with Crippen LogP contribution in [0.15, 0.2) is 0 Å². The first-order valence-electron chi connectivity index (χ1n) is 6.64. The Kier molecular flexibility index (Phi) is 3.69. The average Bonchev–Trinajstić information content (AvgIpc) is 2.96. The zero-order valence-electron chi connectivity index (χ0n) is 10.4. The number of aliphatic carboxylic acids is 1. The summed E-state index contributed by atoms with van der Waals surface area (Å²) in [5.41, 5.74) is 0. The number of carboxylic acids is 1. The maximum absolute atomic E-state index is 12.1. The van der Waals surface area contributed by atoms with Crippen molar-refractivity contribution in [1.29, 1.82) is 0 Å². The Morgan fingerprint density at radius 3 is 2.41 bits per heavy atom. The first kappa shape index (κ1) is 12.4. The van der Waals surface area contributed by atoms with E-state index in [2.05, 4.69) is 0 Å². The number of carbonyl (C=O) groups is 2. The predicted molar refractivity (Wildman–Crippen MR) is 63.5 cm³/mol. The fourth-order valence-electron chi connectivity index (χ4n) is 3.25. The van der Waals surface area contributed by atoms with Crippen LogP contribution < -0.4 is 0 Å². The lowest BCUT2D eigenvalue weighted by molar-refractivity contribution is -0.151. The van der Waals surface area contributed by atoms with E-state index in [-0.39, 0.29) is 5.91 Å². The van der Waals surface area contributed by atoms with Gasteiger partial charge in [-0.3, -0.25) is 9.59 Å². The van der Waals surface area contributed by atoms with Gasteiger partial charge in [-0.25, -0.2) is 0 Å². The molecule has 0 aromatic carbocycles. The summed E-state index contributed by atoms with van der Waals surface area (Å²) in [5, 5.41) is 8.92. The van der Waals surface area contributed by atoms with Crippen LogP contribution in [0, 0.1) is 11.8 Å². The highest BCUT2D eigenvalue weighted by molar-refractivity contribution is 5.96. The van der Waals surface area contributed by atoms with Crippen molar-refractivity contribution in [2.75, 3.05) is 6.54 Å². The number of nitrogens with zero attached hydrogens (tertiary/aromatic N) is 1. The second-order valence-electron chi connectivity index (χ2n) is 5.35. The van der Waals surface area contributed by atoms with Crippen molar-refractivity contribution >= 4 is 11.9 Å². The molecule has 4 heteroatoms. The van der Waals surface area contributed by atoms with Gasteiger partial charge in [-0.2, -0.15) is 0 Å². The molecule has 0 bridgehead atoms. The van der Waals surface area contributed by atoms with Crippen LogP contribution >= 0.6 is 0 Å². The van der Waals surface area contributed by atoms with Crippen molar-refractivity contribution in [3.63, 3.8) is 0 Å². The van der Waals surface area contributed by atoms with Gasteiger partial charge in [0.1, 0.15) is 5.92 Å². The summed E-state index contributed by atoms with van der Waals surface area (Å²) in [6, 6.07) is 0.312. The zero-order valence-corrected chi connectivity index (χ0v) is 10.4. The zero-order chi connectivity index (χ0) is 12.4. The molecule has 0 aromatic heterocycles. The van der Waals surface area contributed by atoms with Gasteiger partial charge in [0, 0.05) is 12.6 Å². The van der Waals surface area contributed by atoms with Crippen LogP contribution in [0.3, 0.4) is 0 Å². The van der Waals surface area contributed by atoms with E-state index < -0.39 is 11.9 Å². The van der Waals surface area contributed by atoms with E-state index in [1.165, 1.54) is 32.6 Å². The molecule has 1 saturated carbocycles. The summed E-state index contributed by atoms with van der Waals surface area (Å²) in [5.74, 6) is -1.47. The Morgan fingerprint density at radius 1 is 1.18 bits per heavy atom. The quantitative estimate of drug-likeness (QED) is 0.765. The number of amides is 1. The van der Waals surface area contributed by atoms with E-state index >= 15 is 0 Å².